The van der Waals surface area contributed by atoms with Crippen molar-refractivity contribution in [1.82, 2.24) is 10.6 Å². The summed E-state index contributed by atoms with van der Waals surface area (Å²) in [7, 11) is 1.69. The van der Waals surface area contributed by atoms with Crippen LogP contribution in [0.1, 0.15) is 57.4 Å². The van der Waals surface area contributed by atoms with Gasteiger partial charge in [0, 0.05) is 45.1 Å². The molecular weight excluding hydrogens is 406 g/mol. The second-order valence-electron chi connectivity index (χ2n) is 8.58. The van der Waals surface area contributed by atoms with Crippen molar-refractivity contribution < 1.29 is 18.9 Å². The Morgan fingerprint density at radius 1 is 1.12 bits per heavy atom. The van der Waals surface area contributed by atoms with Crippen LogP contribution < -0.4 is 20.1 Å². The Morgan fingerprint density at radius 3 is 2.69 bits per heavy atom. The third-order valence-corrected chi connectivity index (χ3v) is 6.07. The first-order chi connectivity index (χ1) is 15.8. The SMILES string of the molecule is CCNC(=NCc1cccc(OC)c1OC1CCCC1)NCCCOCC1CCOCC1. The maximum absolute atomic E-state index is 6.34. The van der Waals surface area contributed by atoms with Crippen LogP contribution in [0.15, 0.2) is 23.2 Å². The summed E-state index contributed by atoms with van der Waals surface area (Å²) in [5, 5.41) is 6.75. The minimum atomic E-state index is 0.279. The number of nitrogens with one attached hydrogen (secondary N) is 2. The van der Waals surface area contributed by atoms with E-state index in [9.17, 15) is 0 Å². The molecular formula is C25H41N3O4. The van der Waals surface area contributed by atoms with Crippen LogP contribution in [0.25, 0.3) is 0 Å². The Labute approximate surface area is 193 Å². The number of guanidine groups is 1. The highest BCUT2D eigenvalue weighted by Gasteiger charge is 2.20. The molecule has 0 radical (unpaired) electrons. The molecule has 1 saturated heterocycles. The van der Waals surface area contributed by atoms with E-state index < -0.39 is 0 Å². The predicted octanol–water partition coefficient (Wildman–Crippen LogP) is 3.91. The lowest BCUT2D eigenvalue weighted by molar-refractivity contribution is 0.0203. The third-order valence-electron chi connectivity index (χ3n) is 6.07. The molecule has 3 rings (SSSR count). The fourth-order valence-electron chi connectivity index (χ4n) is 4.20. The van der Waals surface area contributed by atoms with E-state index in [0.29, 0.717) is 12.5 Å². The molecule has 1 aliphatic heterocycles. The fraction of sp³-hybridized carbons (Fsp3) is 0.720. The largest absolute Gasteiger partial charge is 0.493 e. The number of para-hydroxylation sites is 1. The number of ether oxygens (including phenoxy) is 4. The highest BCUT2D eigenvalue weighted by Crippen LogP contribution is 2.35. The standard InChI is InChI=1S/C25H41N3O4/c1-3-26-25(27-14-7-15-31-19-20-12-16-30-17-13-20)28-18-21-8-6-11-23(29-2)24(21)32-22-9-4-5-10-22/h6,8,11,20,22H,3-5,7,9-10,12-19H2,1-2H3,(H2,26,27,28). The summed E-state index contributed by atoms with van der Waals surface area (Å²) in [4.78, 5) is 4.79. The monoisotopic (exact) mass is 447 g/mol. The number of nitrogens with zero attached hydrogens (tertiary/aromatic N) is 1. The van der Waals surface area contributed by atoms with Gasteiger partial charge in [0.05, 0.1) is 19.8 Å². The summed E-state index contributed by atoms with van der Waals surface area (Å²) in [6, 6.07) is 6.03. The number of methoxy groups -OCH3 is 1. The van der Waals surface area contributed by atoms with Crippen LogP contribution in [-0.2, 0) is 16.0 Å². The Bertz CT molecular complexity index is 686. The van der Waals surface area contributed by atoms with Gasteiger partial charge in [0.2, 0.25) is 0 Å². The van der Waals surface area contributed by atoms with Crippen molar-refractivity contribution in [1.29, 1.82) is 0 Å². The second kappa shape index (κ2) is 14.2. The van der Waals surface area contributed by atoms with E-state index in [-0.39, 0.29) is 6.10 Å². The third kappa shape index (κ3) is 8.17. The lowest BCUT2D eigenvalue weighted by Gasteiger charge is -2.21. The van der Waals surface area contributed by atoms with Crippen LogP contribution in [0, 0.1) is 5.92 Å². The summed E-state index contributed by atoms with van der Waals surface area (Å²) in [5.41, 5.74) is 1.05. The molecule has 180 valence electrons. The van der Waals surface area contributed by atoms with E-state index in [1.54, 1.807) is 7.11 Å². The number of rotatable bonds is 12. The first-order valence-electron chi connectivity index (χ1n) is 12.3. The van der Waals surface area contributed by atoms with Gasteiger partial charge in [-0.3, -0.25) is 0 Å². The molecule has 0 aromatic heterocycles. The van der Waals surface area contributed by atoms with Gasteiger partial charge in [-0.05, 0) is 63.9 Å². The molecule has 2 aliphatic rings. The van der Waals surface area contributed by atoms with Crippen molar-refractivity contribution in [2.45, 2.75) is 64.5 Å². The summed E-state index contributed by atoms with van der Waals surface area (Å²) in [5.74, 6) is 3.08. The van der Waals surface area contributed by atoms with E-state index >= 15 is 0 Å². The van der Waals surface area contributed by atoms with Gasteiger partial charge in [0.25, 0.3) is 0 Å². The van der Waals surface area contributed by atoms with Crippen LogP contribution in [0.5, 0.6) is 11.5 Å². The maximum Gasteiger partial charge on any atom is 0.191 e. The Hall–Kier alpha value is -1.99. The number of hydrogen-bond acceptors (Lipinski definition) is 5. The van der Waals surface area contributed by atoms with Gasteiger partial charge in [0.15, 0.2) is 17.5 Å². The summed E-state index contributed by atoms with van der Waals surface area (Å²) in [6.07, 6.45) is 8.16. The highest BCUT2D eigenvalue weighted by atomic mass is 16.5. The van der Waals surface area contributed by atoms with Crippen molar-refractivity contribution >= 4 is 5.96 Å². The number of hydrogen-bond donors (Lipinski definition) is 2. The summed E-state index contributed by atoms with van der Waals surface area (Å²) < 4.78 is 23.2. The smallest absolute Gasteiger partial charge is 0.191 e. The van der Waals surface area contributed by atoms with Crippen LogP contribution in [-0.4, -0.2) is 58.7 Å². The highest BCUT2D eigenvalue weighted by molar-refractivity contribution is 5.79. The van der Waals surface area contributed by atoms with E-state index in [0.717, 1.165) is 94.6 Å². The van der Waals surface area contributed by atoms with Gasteiger partial charge in [-0.1, -0.05) is 12.1 Å². The molecule has 1 heterocycles. The van der Waals surface area contributed by atoms with Crippen molar-refractivity contribution in [3.05, 3.63) is 23.8 Å². The Kier molecular flexibility index (Phi) is 11.0. The van der Waals surface area contributed by atoms with E-state index in [1.807, 2.05) is 12.1 Å². The van der Waals surface area contributed by atoms with Gasteiger partial charge in [-0.15, -0.1) is 0 Å². The van der Waals surface area contributed by atoms with Crippen LogP contribution in [0.4, 0.5) is 0 Å². The second-order valence-corrected chi connectivity index (χ2v) is 8.58. The average Bonchev–Trinajstić information content (AvgIpc) is 3.34. The van der Waals surface area contributed by atoms with Crippen LogP contribution in [0.3, 0.4) is 0 Å². The average molecular weight is 448 g/mol. The topological polar surface area (TPSA) is 73.3 Å². The molecule has 7 nitrogen and oxygen atoms in total. The van der Waals surface area contributed by atoms with Gasteiger partial charge in [0.1, 0.15) is 0 Å². The molecule has 32 heavy (non-hydrogen) atoms. The molecule has 0 bridgehead atoms. The molecule has 0 amide bonds. The van der Waals surface area contributed by atoms with Crippen LogP contribution in [0.2, 0.25) is 0 Å². The fourth-order valence-corrected chi connectivity index (χ4v) is 4.20. The Balaban J connectivity index is 1.47. The zero-order valence-electron chi connectivity index (χ0n) is 19.9. The zero-order valence-corrected chi connectivity index (χ0v) is 19.9. The first-order valence-corrected chi connectivity index (χ1v) is 12.3. The van der Waals surface area contributed by atoms with Gasteiger partial charge < -0.3 is 29.6 Å². The molecule has 2 N–H and O–H groups in total. The van der Waals surface area contributed by atoms with Crippen LogP contribution >= 0.6 is 0 Å². The minimum absolute atomic E-state index is 0.279. The minimum Gasteiger partial charge on any atom is -0.493 e. The molecule has 0 atom stereocenters. The number of aliphatic imine (C=N–C) groups is 1. The normalized spacial score (nSPS) is 18.0. The molecule has 1 aromatic rings. The predicted molar refractivity (Wildman–Crippen MR) is 128 cm³/mol. The van der Waals surface area contributed by atoms with E-state index in [1.165, 1.54) is 12.8 Å². The van der Waals surface area contributed by atoms with Crippen molar-refractivity contribution in [2.24, 2.45) is 10.9 Å². The molecule has 0 spiro atoms. The van der Waals surface area contributed by atoms with Gasteiger partial charge in [-0.2, -0.15) is 0 Å². The van der Waals surface area contributed by atoms with Crippen molar-refractivity contribution in [3.63, 3.8) is 0 Å². The first kappa shape index (κ1) is 24.6. The molecule has 1 aromatic carbocycles. The lowest BCUT2D eigenvalue weighted by Crippen LogP contribution is -2.38. The van der Waals surface area contributed by atoms with Gasteiger partial charge >= 0.3 is 0 Å². The molecule has 2 fully saturated rings. The molecule has 1 saturated carbocycles. The lowest BCUT2D eigenvalue weighted by atomic mass is 10.0. The number of benzene rings is 1. The van der Waals surface area contributed by atoms with Crippen molar-refractivity contribution in [3.8, 4) is 11.5 Å². The maximum atomic E-state index is 6.34. The summed E-state index contributed by atoms with van der Waals surface area (Å²) in [6.45, 7) is 7.61. The van der Waals surface area contributed by atoms with Gasteiger partial charge in [-0.25, -0.2) is 4.99 Å². The zero-order chi connectivity index (χ0) is 22.4. The summed E-state index contributed by atoms with van der Waals surface area (Å²) >= 11 is 0. The van der Waals surface area contributed by atoms with E-state index in [2.05, 4.69) is 23.6 Å². The molecule has 0 unspecified atom stereocenters. The molecule has 7 heteroatoms. The Morgan fingerprint density at radius 2 is 1.94 bits per heavy atom. The van der Waals surface area contributed by atoms with E-state index in [4.69, 9.17) is 23.9 Å². The quantitative estimate of drug-likeness (QED) is 0.288. The van der Waals surface area contributed by atoms with Crippen molar-refractivity contribution in [2.75, 3.05) is 46.6 Å². The molecule has 1 aliphatic carbocycles.